The Labute approximate surface area is 432 Å². The van der Waals surface area contributed by atoms with Gasteiger partial charge in [-0.05, 0) is 116 Å². The second kappa shape index (κ2) is 24.7. The van der Waals surface area contributed by atoms with Crippen LogP contribution in [-0.2, 0) is 58.6 Å². The van der Waals surface area contributed by atoms with Crippen molar-refractivity contribution >= 4 is 23.7 Å². The van der Waals surface area contributed by atoms with Crippen molar-refractivity contribution in [1.29, 1.82) is 0 Å². The number of carbonyl (C=O) groups excluding carboxylic acids is 4. The minimum atomic E-state index is -1.80. The molecule has 2 unspecified atom stereocenters. The Balaban J connectivity index is 1.47. The molecule has 0 aliphatic carbocycles. The molecule has 2 saturated heterocycles. The highest BCUT2D eigenvalue weighted by Gasteiger charge is 2.54. The molecule has 2 fully saturated rings. The summed E-state index contributed by atoms with van der Waals surface area (Å²) in [5, 5.41) is 12.7. The van der Waals surface area contributed by atoms with Gasteiger partial charge in [-0.3, -0.25) is 9.59 Å². The Hall–Kier alpha value is -4.84. The average Bonchev–Trinajstić information content (AvgIpc) is 3.37. The third-order valence-electron chi connectivity index (χ3n) is 15.2. The van der Waals surface area contributed by atoms with Gasteiger partial charge < -0.3 is 52.6 Å². The second-order valence-electron chi connectivity index (χ2n) is 21.1. The van der Waals surface area contributed by atoms with Crippen LogP contribution < -0.4 is 0 Å². The first-order valence-corrected chi connectivity index (χ1v) is 25.7. The third-order valence-corrected chi connectivity index (χ3v) is 15.2. The molecule has 16 atom stereocenters. The number of nitrogens with zero attached hydrogens (tertiary/aromatic N) is 1. The van der Waals surface area contributed by atoms with Gasteiger partial charge in [0.25, 0.3) is 0 Å². The Morgan fingerprint density at radius 2 is 1.29 bits per heavy atom. The molecule has 3 aromatic carbocycles. The van der Waals surface area contributed by atoms with Gasteiger partial charge in [-0.25, -0.2) is 9.59 Å². The van der Waals surface area contributed by atoms with E-state index in [2.05, 4.69) is 0 Å². The molecule has 400 valence electrons. The summed E-state index contributed by atoms with van der Waals surface area (Å²) in [5.41, 5.74) is -2.48. The molecule has 0 bridgehead atoms. The fraction of sp³-hybridized carbons (Fsp3) is 0.586. The monoisotopic (exact) mass is 1010 g/mol. The second-order valence-corrected chi connectivity index (χ2v) is 21.1. The van der Waals surface area contributed by atoms with E-state index in [0.29, 0.717) is 23.1 Å². The fourth-order valence-electron chi connectivity index (χ4n) is 11.1. The van der Waals surface area contributed by atoms with Crippen molar-refractivity contribution in [2.75, 3.05) is 28.3 Å². The number of hydrogen-bond acceptors (Lipinski definition) is 15. The zero-order chi connectivity index (χ0) is 53.4. The van der Waals surface area contributed by atoms with E-state index in [-0.39, 0.29) is 43.6 Å². The number of benzene rings is 3. The number of cyclic esters (lactones) is 1. The van der Waals surface area contributed by atoms with E-state index < -0.39 is 102 Å². The Kier molecular flexibility index (Phi) is 19.4. The maximum Gasteiger partial charge on any atom is 0.338 e. The molecule has 15 heteroatoms. The van der Waals surface area contributed by atoms with E-state index in [1.807, 2.05) is 103 Å². The predicted molar refractivity (Wildman–Crippen MR) is 273 cm³/mol. The van der Waals surface area contributed by atoms with Crippen molar-refractivity contribution in [2.45, 2.75) is 173 Å². The summed E-state index contributed by atoms with van der Waals surface area (Å²) in [7, 11) is 6.88. The number of hydrogen-bond donors (Lipinski definition) is 1. The summed E-state index contributed by atoms with van der Waals surface area (Å²) in [6.07, 6.45) is -5.95. The summed E-state index contributed by atoms with van der Waals surface area (Å²) >= 11 is 0. The lowest BCUT2D eigenvalue weighted by Crippen LogP contribution is -2.61. The first-order chi connectivity index (χ1) is 34.6. The van der Waals surface area contributed by atoms with Crippen LogP contribution in [0.25, 0.3) is 0 Å². The summed E-state index contributed by atoms with van der Waals surface area (Å²) in [4.78, 5) is 59.1. The Morgan fingerprint density at radius 3 is 1.84 bits per heavy atom. The van der Waals surface area contributed by atoms with Gasteiger partial charge in [0.05, 0.1) is 53.1 Å². The number of Topliss-reactive ketones (excluding diaryl/α,β-unsaturated/α-hetero) is 1. The number of methoxy groups -OCH3 is 2. The quantitative estimate of drug-likeness (QED) is 0.120. The van der Waals surface area contributed by atoms with Crippen molar-refractivity contribution in [3.63, 3.8) is 0 Å². The molecule has 6 rings (SSSR count). The molecule has 0 aromatic heterocycles. The van der Waals surface area contributed by atoms with Crippen LogP contribution in [0.2, 0.25) is 0 Å². The molecule has 73 heavy (non-hydrogen) atoms. The Morgan fingerprint density at radius 1 is 0.740 bits per heavy atom. The standard InChI is InChI=1S/C58H79NO14/c1-14-45-58(64,33-41-24-18-15-19-25-41)32-36(3)47(60)35(2)31-56(8,65-12)50(73-55-49(44(59(10)11)30-37(4)67-55)71-53(62)42-26-20-16-21-27-42)38(5)48(39(6)52(61)69-45)70-46-34-57(9,66-13)51(40(7)68-46)72-54(63)43-28-22-17-23-29-43/h15-29,32,35,37-40,44-46,48-51,55,64H,14,30-31,33-34H2,1-13H3/b36-32+/t35-,37-,38+,39-,40+,44+,45-,46?,48+,49-,50-,51+,55?,56-,57-,58-/m1/s1. The van der Waals surface area contributed by atoms with E-state index >= 15 is 4.79 Å². The van der Waals surface area contributed by atoms with Crippen molar-refractivity contribution in [3.8, 4) is 0 Å². The van der Waals surface area contributed by atoms with Crippen LogP contribution in [0.1, 0.15) is 114 Å². The van der Waals surface area contributed by atoms with Crippen LogP contribution in [0, 0.1) is 17.8 Å². The summed E-state index contributed by atoms with van der Waals surface area (Å²) < 4.78 is 59.2. The van der Waals surface area contributed by atoms with Crippen LogP contribution in [0.3, 0.4) is 0 Å². The van der Waals surface area contributed by atoms with Crippen LogP contribution in [0.4, 0.5) is 0 Å². The molecule has 1 N–H and O–H groups in total. The van der Waals surface area contributed by atoms with Crippen LogP contribution in [-0.4, -0.2) is 140 Å². The largest absolute Gasteiger partial charge is 0.459 e. The molecule has 0 amide bonds. The van der Waals surface area contributed by atoms with Crippen molar-refractivity contribution < 1.29 is 66.9 Å². The SMILES string of the molecule is CC[C@H]1OC(=O)[C@H](C)[C@@H](OC2C[C@@](C)(OC)[C@@H](OC(=O)c3ccccc3)[C@H](C)O2)[C@H](C)[C@@H](OC2O[C@H](C)C[C@H](N(C)C)[C@H]2OC(=O)c2ccccc2)[C@](C)(OC)C[C@@H](C)C(=O)/C(C)=C/[C@@]1(O)Cc1ccccc1. The molecule has 0 spiro atoms. The molecule has 15 nitrogen and oxygen atoms in total. The summed E-state index contributed by atoms with van der Waals surface area (Å²) in [6, 6.07) is 26.3. The maximum absolute atomic E-state index is 15.1. The van der Waals surface area contributed by atoms with Gasteiger partial charge in [-0.2, -0.15) is 0 Å². The number of esters is 3. The molecule has 3 aromatic rings. The van der Waals surface area contributed by atoms with E-state index in [9.17, 15) is 19.5 Å². The highest BCUT2D eigenvalue weighted by atomic mass is 16.7. The van der Waals surface area contributed by atoms with Gasteiger partial charge in [0.15, 0.2) is 30.6 Å². The number of allylic oxidation sites excluding steroid dienone is 1. The number of carbonyl (C=O) groups is 4. The highest BCUT2D eigenvalue weighted by molar-refractivity contribution is 5.96. The summed E-state index contributed by atoms with van der Waals surface area (Å²) in [6.45, 7) is 16.2. The maximum atomic E-state index is 15.1. The lowest BCUT2D eigenvalue weighted by Gasteiger charge is -2.50. The normalized spacial score (nSPS) is 36.5. The first-order valence-electron chi connectivity index (χ1n) is 25.7. The number of ketones is 1. The van der Waals surface area contributed by atoms with E-state index in [0.717, 1.165) is 5.56 Å². The lowest BCUT2D eigenvalue weighted by molar-refractivity contribution is -0.318. The Bertz CT molecular complexity index is 2330. The molecule has 3 heterocycles. The van der Waals surface area contributed by atoms with Crippen LogP contribution in [0.15, 0.2) is 103 Å². The first kappa shape index (κ1) is 57.4. The van der Waals surface area contributed by atoms with Crippen molar-refractivity contribution in [2.24, 2.45) is 17.8 Å². The number of rotatable bonds is 14. The van der Waals surface area contributed by atoms with Gasteiger partial charge >= 0.3 is 17.9 Å². The van der Waals surface area contributed by atoms with Crippen LogP contribution in [0.5, 0.6) is 0 Å². The van der Waals surface area contributed by atoms with E-state index in [1.165, 1.54) is 20.3 Å². The molecule has 0 saturated carbocycles. The number of aliphatic hydroxyl groups is 1. The summed E-state index contributed by atoms with van der Waals surface area (Å²) in [5.74, 6) is -4.63. The zero-order valence-corrected chi connectivity index (χ0v) is 45.0. The molecule has 0 radical (unpaired) electrons. The lowest BCUT2D eigenvalue weighted by atomic mass is 9.75. The van der Waals surface area contributed by atoms with E-state index in [4.69, 9.17) is 42.6 Å². The highest BCUT2D eigenvalue weighted by Crippen LogP contribution is 2.42. The molecule has 3 aliphatic rings. The minimum Gasteiger partial charge on any atom is -0.459 e. The fourth-order valence-corrected chi connectivity index (χ4v) is 11.1. The number of likely N-dealkylation sites (N-methyl/N-ethyl adjacent to an activating group) is 1. The van der Waals surface area contributed by atoms with Gasteiger partial charge in [0.1, 0.15) is 17.3 Å². The smallest absolute Gasteiger partial charge is 0.338 e. The predicted octanol–water partition coefficient (Wildman–Crippen LogP) is 8.34. The van der Waals surface area contributed by atoms with Crippen molar-refractivity contribution in [1.82, 2.24) is 4.90 Å². The topological polar surface area (TPSA) is 175 Å². The van der Waals surface area contributed by atoms with Gasteiger partial charge in [0.2, 0.25) is 0 Å². The number of ether oxygens (including phenoxy) is 9. The zero-order valence-electron chi connectivity index (χ0n) is 45.0. The van der Waals surface area contributed by atoms with Gasteiger partial charge in [0, 0.05) is 38.9 Å². The van der Waals surface area contributed by atoms with Crippen LogP contribution >= 0.6 is 0 Å². The van der Waals surface area contributed by atoms with Crippen molar-refractivity contribution in [3.05, 3.63) is 119 Å². The van der Waals surface area contributed by atoms with Gasteiger partial charge in [-0.1, -0.05) is 87.5 Å². The van der Waals surface area contributed by atoms with Gasteiger partial charge in [-0.15, -0.1) is 0 Å². The average molecular weight is 1010 g/mol. The molecular formula is C58H79NO14. The third kappa shape index (κ3) is 13.5. The molecular weight excluding hydrogens is 935 g/mol. The minimum absolute atomic E-state index is 0.0538. The molecule has 3 aliphatic heterocycles. The van der Waals surface area contributed by atoms with E-state index in [1.54, 1.807) is 69.3 Å².